The van der Waals surface area contributed by atoms with Crippen molar-refractivity contribution in [1.29, 1.82) is 0 Å². The molecule has 0 saturated heterocycles. The summed E-state index contributed by atoms with van der Waals surface area (Å²) in [5.41, 5.74) is 4.17. The molecule has 0 amide bonds. The van der Waals surface area contributed by atoms with E-state index < -0.39 is 5.60 Å². The van der Waals surface area contributed by atoms with Crippen LogP contribution in [0.2, 0.25) is 0 Å². The zero-order valence-corrected chi connectivity index (χ0v) is 5.74. The number of hydrogen-bond donors (Lipinski definition) is 2. The van der Waals surface area contributed by atoms with Gasteiger partial charge in [0.1, 0.15) is 5.60 Å². The van der Waals surface area contributed by atoms with Gasteiger partial charge < -0.3 is 15.3 Å². The monoisotopic (exact) mass is 142 g/mol. The van der Waals surface area contributed by atoms with E-state index in [1.807, 2.05) is 0 Å². The molecule has 1 aromatic rings. The van der Waals surface area contributed by atoms with Gasteiger partial charge in [-0.15, -0.1) is 0 Å². The lowest BCUT2D eigenvalue weighted by atomic mass is 10.1. The molecule has 0 fully saturated rings. The van der Waals surface area contributed by atoms with E-state index in [0.717, 1.165) is 0 Å². The molecule has 1 aromatic heterocycles. The van der Waals surface area contributed by atoms with Gasteiger partial charge in [0, 0.05) is 6.54 Å². The first kappa shape index (κ1) is 7.24. The second-order valence-corrected chi connectivity index (χ2v) is 2.34. The predicted molar refractivity (Wildman–Crippen MR) is 35.1 cm³/mol. The first-order valence-electron chi connectivity index (χ1n) is 2.98. The van der Waals surface area contributed by atoms with Gasteiger partial charge in [-0.1, -0.05) is 0 Å². The average Bonchev–Trinajstić information content (AvgIpc) is 2.38. The van der Waals surface area contributed by atoms with Crippen molar-refractivity contribution >= 4 is 0 Å². The summed E-state index contributed by atoms with van der Waals surface area (Å²) in [6, 6.07) is 0. The third-order valence-electron chi connectivity index (χ3n) is 1.36. The quantitative estimate of drug-likeness (QED) is 0.601. The largest absolute Gasteiger partial charge is 0.445 e. The Balaban J connectivity index is 2.85. The van der Waals surface area contributed by atoms with E-state index in [2.05, 4.69) is 4.98 Å². The van der Waals surface area contributed by atoms with Crippen LogP contribution >= 0.6 is 0 Å². The lowest BCUT2D eigenvalue weighted by Gasteiger charge is -2.16. The molecular weight excluding hydrogens is 132 g/mol. The highest BCUT2D eigenvalue weighted by Crippen LogP contribution is 2.17. The van der Waals surface area contributed by atoms with E-state index in [-0.39, 0.29) is 6.54 Å². The summed E-state index contributed by atoms with van der Waals surface area (Å²) in [6.45, 7) is 1.70. The number of aliphatic hydroxyl groups is 1. The second-order valence-electron chi connectivity index (χ2n) is 2.34. The van der Waals surface area contributed by atoms with Gasteiger partial charge >= 0.3 is 0 Å². The second kappa shape index (κ2) is 2.40. The Bertz CT molecular complexity index is 194. The summed E-state index contributed by atoms with van der Waals surface area (Å²) >= 11 is 0. The minimum Gasteiger partial charge on any atom is -0.445 e. The molecule has 4 heteroatoms. The molecule has 1 atom stereocenters. The SMILES string of the molecule is CC(O)(CN)c1cnco1. The van der Waals surface area contributed by atoms with Crippen LogP contribution in [0.1, 0.15) is 12.7 Å². The number of hydrogen-bond acceptors (Lipinski definition) is 4. The minimum atomic E-state index is -1.09. The number of nitrogens with zero attached hydrogens (tertiary/aromatic N) is 1. The van der Waals surface area contributed by atoms with Crippen molar-refractivity contribution in [3.05, 3.63) is 18.4 Å². The maximum atomic E-state index is 9.42. The molecule has 3 N–H and O–H groups in total. The molecule has 0 bridgehead atoms. The van der Waals surface area contributed by atoms with Crippen molar-refractivity contribution in [1.82, 2.24) is 4.98 Å². The number of aromatic nitrogens is 1. The van der Waals surface area contributed by atoms with E-state index in [1.54, 1.807) is 6.92 Å². The summed E-state index contributed by atoms with van der Waals surface area (Å²) in [6.07, 6.45) is 2.71. The minimum absolute atomic E-state index is 0.127. The Morgan fingerprint density at radius 3 is 3.00 bits per heavy atom. The van der Waals surface area contributed by atoms with Crippen LogP contribution in [0, 0.1) is 0 Å². The smallest absolute Gasteiger partial charge is 0.181 e. The lowest BCUT2D eigenvalue weighted by molar-refractivity contribution is 0.0433. The fourth-order valence-electron chi connectivity index (χ4n) is 0.582. The Labute approximate surface area is 58.7 Å². The highest BCUT2D eigenvalue weighted by molar-refractivity contribution is 5.02. The van der Waals surface area contributed by atoms with Crippen LogP contribution in [0.3, 0.4) is 0 Å². The van der Waals surface area contributed by atoms with Crippen LogP contribution in [0.5, 0.6) is 0 Å². The molecule has 0 saturated carbocycles. The van der Waals surface area contributed by atoms with Crippen molar-refractivity contribution in [3.8, 4) is 0 Å². The Morgan fingerprint density at radius 2 is 2.60 bits per heavy atom. The predicted octanol–water partition coefficient (Wildman–Crippen LogP) is -0.159. The fourth-order valence-corrected chi connectivity index (χ4v) is 0.582. The van der Waals surface area contributed by atoms with Crippen LogP contribution < -0.4 is 5.73 Å². The fraction of sp³-hybridized carbons (Fsp3) is 0.500. The molecule has 1 unspecified atom stereocenters. The molecule has 0 aliphatic heterocycles. The van der Waals surface area contributed by atoms with E-state index in [9.17, 15) is 5.11 Å². The zero-order valence-electron chi connectivity index (χ0n) is 5.74. The molecule has 0 spiro atoms. The highest BCUT2D eigenvalue weighted by atomic mass is 16.4. The van der Waals surface area contributed by atoms with E-state index in [1.165, 1.54) is 12.6 Å². The molecule has 0 aliphatic carbocycles. The van der Waals surface area contributed by atoms with Crippen molar-refractivity contribution < 1.29 is 9.52 Å². The summed E-state index contributed by atoms with van der Waals surface area (Å²) in [4.78, 5) is 3.65. The van der Waals surface area contributed by atoms with Crippen LogP contribution in [0.25, 0.3) is 0 Å². The summed E-state index contributed by atoms with van der Waals surface area (Å²) in [7, 11) is 0. The first-order chi connectivity index (χ1) is 4.67. The Hall–Kier alpha value is -0.870. The Kier molecular flexibility index (Phi) is 1.74. The van der Waals surface area contributed by atoms with Crippen LogP contribution in [0.4, 0.5) is 0 Å². The van der Waals surface area contributed by atoms with Gasteiger partial charge in [-0.05, 0) is 6.92 Å². The van der Waals surface area contributed by atoms with Crippen LogP contribution in [-0.2, 0) is 5.60 Å². The standard InChI is InChI=1S/C6H10N2O2/c1-6(9,3-7)5-2-8-4-10-5/h2,4,9H,3,7H2,1H3. The van der Waals surface area contributed by atoms with E-state index in [4.69, 9.17) is 10.2 Å². The summed E-state index contributed by atoms with van der Waals surface area (Å²) < 4.78 is 4.85. The molecule has 56 valence electrons. The van der Waals surface area contributed by atoms with Gasteiger partial charge in [-0.3, -0.25) is 0 Å². The van der Waals surface area contributed by atoms with Gasteiger partial charge in [-0.25, -0.2) is 4.98 Å². The van der Waals surface area contributed by atoms with Gasteiger partial charge in [0.05, 0.1) is 6.20 Å². The maximum absolute atomic E-state index is 9.42. The molecule has 1 rings (SSSR count). The summed E-state index contributed by atoms with van der Waals surface area (Å²) in [5.74, 6) is 0.398. The summed E-state index contributed by atoms with van der Waals surface area (Å²) in [5, 5.41) is 9.42. The number of rotatable bonds is 2. The number of oxazole rings is 1. The normalized spacial score (nSPS) is 16.7. The van der Waals surface area contributed by atoms with Crippen LogP contribution in [-0.4, -0.2) is 16.6 Å². The first-order valence-corrected chi connectivity index (χ1v) is 2.98. The molecule has 1 heterocycles. The van der Waals surface area contributed by atoms with E-state index >= 15 is 0 Å². The zero-order chi connectivity index (χ0) is 7.61. The number of nitrogens with two attached hydrogens (primary N) is 1. The third-order valence-corrected chi connectivity index (χ3v) is 1.36. The third kappa shape index (κ3) is 1.17. The molecule has 0 aliphatic rings. The van der Waals surface area contributed by atoms with Crippen molar-refractivity contribution in [2.24, 2.45) is 5.73 Å². The van der Waals surface area contributed by atoms with Gasteiger partial charge in [0.25, 0.3) is 0 Å². The maximum Gasteiger partial charge on any atom is 0.181 e. The molecule has 0 aromatic carbocycles. The Morgan fingerprint density at radius 1 is 1.90 bits per heavy atom. The molecule has 4 nitrogen and oxygen atoms in total. The highest BCUT2D eigenvalue weighted by Gasteiger charge is 2.24. The van der Waals surface area contributed by atoms with E-state index in [0.29, 0.717) is 5.76 Å². The van der Waals surface area contributed by atoms with Crippen molar-refractivity contribution in [3.63, 3.8) is 0 Å². The molecule has 0 radical (unpaired) electrons. The van der Waals surface area contributed by atoms with Gasteiger partial charge in [-0.2, -0.15) is 0 Å². The average molecular weight is 142 g/mol. The van der Waals surface area contributed by atoms with Gasteiger partial charge in [0.15, 0.2) is 12.2 Å². The van der Waals surface area contributed by atoms with Crippen LogP contribution in [0.15, 0.2) is 17.0 Å². The van der Waals surface area contributed by atoms with Crippen molar-refractivity contribution in [2.45, 2.75) is 12.5 Å². The topological polar surface area (TPSA) is 72.3 Å². The van der Waals surface area contributed by atoms with Gasteiger partial charge in [0.2, 0.25) is 0 Å². The molecule has 10 heavy (non-hydrogen) atoms. The lowest BCUT2D eigenvalue weighted by Crippen LogP contribution is -2.30. The molecular formula is C6H10N2O2. The van der Waals surface area contributed by atoms with Crippen molar-refractivity contribution in [2.75, 3.05) is 6.54 Å².